The zero-order chi connectivity index (χ0) is 53.8. The number of aliphatic hydroxyl groups is 1. The number of carbonyl (C=O) groups excluding carboxylic acids is 5. The molecular weight excluding hydrogens is 957 g/mol. The molecule has 5 amide bonds. The quantitative estimate of drug-likeness (QED) is 0.0224. The van der Waals surface area contributed by atoms with Crippen molar-refractivity contribution >= 4 is 60.5 Å². The first-order valence-electron chi connectivity index (χ1n) is 24.4. The molecule has 406 valence electrons. The molecule has 3 heterocycles. The number of benzene rings is 1. The van der Waals surface area contributed by atoms with Crippen LogP contribution >= 0.6 is 0 Å². The van der Waals surface area contributed by atoms with Gasteiger partial charge in [-0.3, -0.25) is 67.8 Å². The monoisotopic (exact) mass is 1030 g/mol. The second-order valence-electron chi connectivity index (χ2n) is 18.8. The van der Waals surface area contributed by atoms with Crippen molar-refractivity contribution in [3.05, 3.63) is 35.4 Å². The highest BCUT2D eigenvalue weighted by molar-refractivity contribution is 6.43. The number of aliphatic carboxylic acids is 3. The Hall–Kier alpha value is -6.01. The number of carboxylic acid groups (broad SMARTS) is 3. The summed E-state index contributed by atoms with van der Waals surface area (Å²) < 4.78 is 0. The van der Waals surface area contributed by atoms with Gasteiger partial charge in [0.25, 0.3) is 5.91 Å². The number of aliphatic imine (C=N–C) groups is 1. The van der Waals surface area contributed by atoms with Gasteiger partial charge in [-0.2, -0.15) is 0 Å². The fourth-order valence-electron chi connectivity index (χ4n) is 8.67. The van der Waals surface area contributed by atoms with E-state index < -0.39 is 66.9 Å². The van der Waals surface area contributed by atoms with Gasteiger partial charge in [0.2, 0.25) is 23.6 Å². The normalized spacial score (nSPS) is 20.2. The molecule has 0 radical (unpaired) electrons. The molecule has 3 saturated heterocycles. The van der Waals surface area contributed by atoms with E-state index in [1.165, 1.54) is 6.92 Å². The number of nitrogens with one attached hydrogen (secondary N) is 3. The Kier molecular flexibility index (Phi) is 24.2. The summed E-state index contributed by atoms with van der Waals surface area (Å²) in [6.45, 7) is 3.79. The number of nitrogens with zero attached hydrogens (tertiary/aromatic N) is 9. The molecule has 1 aromatic carbocycles. The molecular formula is C45H74BN13O14. The van der Waals surface area contributed by atoms with Crippen molar-refractivity contribution in [2.24, 2.45) is 10.7 Å². The topological polar surface area (TPSA) is 358 Å². The lowest BCUT2D eigenvalue weighted by atomic mass is 9.77. The largest absolute Gasteiger partial charge is 0.480 e. The summed E-state index contributed by atoms with van der Waals surface area (Å²) in [5.41, 5.74) is 6.93. The van der Waals surface area contributed by atoms with E-state index in [4.69, 9.17) is 5.73 Å². The highest BCUT2D eigenvalue weighted by Crippen LogP contribution is 2.20. The SMILES string of the molecule is C[C@@H](NC(=O)c1ccc(CNC(=O)CN2CCN(C(=O)[C@H](CCCN=C(N)N(C)C)NC(=O)CN3CCN(CC(=O)O)CCN(CC(=O)O)CCN(CC(=O)O)CC3)CC2)cc1)C(=O)N1C[C@@H](O)C[C@H]1B(O)O. The van der Waals surface area contributed by atoms with Crippen LogP contribution in [0.1, 0.15) is 42.1 Å². The third kappa shape index (κ3) is 20.8. The van der Waals surface area contributed by atoms with E-state index in [-0.39, 0.29) is 148 Å². The minimum absolute atomic E-state index is 0.00310. The number of rotatable bonds is 22. The molecule has 4 rings (SSSR count). The standard InChI is InChI=1S/C45H74BN13O14/c1-31(43(70)59-25-34(60)23-36(59)46(72)73)50-42(69)33-8-6-32(7-9-33)24-49-37(61)26-54-19-21-58(22-20-54)44(71)35(5-4-10-48-45(47)52(2)3)51-38(62)27-53-11-13-55(28-39(63)64)15-17-57(30-41(67)68)18-16-56(14-12-53)29-40(65)66/h6-9,31,34-36,60,72-73H,4-5,10-30H2,1-3H3,(H2,47,48)(H,49,61)(H,50,69)(H,51,62)(H,63,64)(H,65,66)(H,67,68)/t31-,34+,35+,36+/m1/s1. The van der Waals surface area contributed by atoms with E-state index in [2.05, 4.69) is 20.9 Å². The zero-order valence-electron chi connectivity index (χ0n) is 42.0. The summed E-state index contributed by atoms with van der Waals surface area (Å²) in [6.07, 6.45) is -0.272. The second-order valence-corrected chi connectivity index (χ2v) is 18.8. The number of aliphatic hydroxyl groups excluding tert-OH is 1. The lowest BCUT2D eigenvalue weighted by molar-refractivity contribution is -0.140. The van der Waals surface area contributed by atoms with E-state index in [9.17, 15) is 68.8 Å². The number of guanidine groups is 1. The fourth-order valence-corrected chi connectivity index (χ4v) is 8.67. The maximum atomic E-state index is 14.1. The van der Waals surface area contributed by atoms with Gasteiger partial charge in [-0.05, 0) is 43.9 Å². The molecule has 0 aliphatic carbocycles. The first-order valence-corrected chi connectivity index (χ1v) is 24.4. The van der Waals surface area contributed by atoms with Crippen molar-refractivity contribution < 1.29 is 68.8 Å². The van der Waals surface area contributed by atoms with Crippen LogP contribution in [0.25, 0.3) is 0 Å². The highest BCUT2D eigenvalue weighted by Gasteiger charge is 2.42. The van der Waals surface area contributed by atoms with E-state index in [1.54, 1.807) is 67.8 Å². The summed E-state index contributed by atoms with van der Waals surface area (Å²) in [6, 6.07) is 4.45. The molecule has 3 aliphatic rings. The number of hydrogen-bond donors (Lipinski definition) is 10. The van der Waals surface area contributed by atoms with Crippen molar-refractivity contribution in [2.75, 3.05) is 138 Å². The third-order valence-electron chi connectivity index (χ3n) is 12.8. The second kappa shape index (κ2) is 29.6. The van der Waals surface area contributed by atoms with E-state index in [0.29, 0.717) is 31.0 Å². The van der Waals surface area contributed by atoms with Crippen LogP contribution in [0.3, 0.4) is 0 Å². The van der Waals surface area contributed by atoms with Crippen molar-refractivity contribution in [2.45, 2.75) is 56.9 Å². The van der Waals surface area contributed by atoms with E-state index in [1.807, 2.05) is 4.90 Å². The minimum Gasteiger partial charge on any atom is -0.480 e. The number of likely N-dealkylation sites (tertiary alicyclic amines) is 1. The fraction of sp³-hybridized carbons (Fsp3) is 0.667. The van der Waals surface area contributed by atoms with Gasteiger partial charge in [0, 0.05) is 118 Å². The highest BCUT2D eigenvalue weighted by atomic mass is 16.4. The van der Waals surface area contributed by atoms with E-state index >= 15 is 0 Å². The van der Waals surface area contributed by atoms with Crippen molar-refractivity contribution in [1.29, 1.82) is 0 Å². The molecule has 11 N–H and O–H groups in total. The van der Waals surface area contributed by atoms with Crippen molar-refractivity contribution in [3.8, 4) is 0 Å². The molecule has 27 nitrogen and oxygen atoms in total. The summed E-state index contributed by atoms with van der Waals surface area (Å²) in [5, 5.41) is 66.2. The average molecular weight is 1030 g/mol. The van der Waals surface area contributed by atoms with Gasteiger partial charge in [0.05, 0.1) is 44.8 Å². The molecule has 3 aliphatic heterocycles. The molecule has 0 bridgehead atoms. The molecule has 0 saturated carbocycles. The van der Waals surface area contributed by atoms with Gasteiger partial charge >= 0.3 is 25.0 Å². The summed E-state index contributed by atoms with van der Waals surface area (Å²) in [5.74, 6) is -6.08. The van der Waals surface area contributed by atoms with Crippen LogP contribution in [0.5, 0.6) is 0 Å². The Bertz CT molecular complexity index is 2030. The predicted molar refractivity (Wildman–Crippen MR) is 265 cm³/mol. The van der Waals surface area contributed by atoms with Crippen molar-refractivity contribution in [3.63, 3.8) is 0 Å². The zero-order valence-corrected chi connectivity index (χ0v) is 42.0. The van der Waals surface area contributed by atoms with Gasteiger partial charge in [-0.15, -0.1) is 0 Å². The molecule has 0 aromatic heterocycles. The number of hydrogen-bond acceptors (Lipinski definition) is 17. The van der Waals surface area contributed by atoms with Crippen LogP contribution in [-0.4, -0.2) is 293 Å². The van der Waals surface area contributed by atoms with Crippen LogP contribution < -0.4 is 21.7 Å². The molecule has 0 unspecified atom stereocenters. The molecule has 0 spiro atoms. The van der Waals surface area contributed by atoms with Crippen molar-refractivity contribution in [1.82, 2.24) is 55.1 Å². The van der Waals surface area contributed by atoms with Crippen LogP contribution in [0, 0.1) is 0 Å². The average Bonchev–Trinajstić information content (AvgIpc) is 3.73. The Labute approximate surface area is 425 Å². The maximum Gasteiger partial charge on any atom is 0.475 e. The number of amides is 5. The number of nitrogens with two attached hydrogens (primary N) is 1. The number of carbonyl (C=O) groups is 8. The predicted octanol–water partition coefficient (Wildman–Crippen LogP) is -5.84. The number of piperazine rings is 1. The molecule has 4 atom stereocenters. The lowest BCUT2D eigenvalue weighted by Gasteiger charge is -2.36. The lowest BCUT2D eigenvalue weighted by Crippen LogP contribution is -2.57. The molecule has 73 heavy (non-hydrogen) atoms. The van der Waals surface area contributed by atoms with Crippen LogP contribution in [0.2, 0.25) is 0 Å². The number of β-amino-alcohol motifs (C(OH)–C–C–N with tert-alkyl or cyclic N) is 1. The van der Waals surface area contributed by atoms with Gasteiger partial charge < -0.3 is 66.9 Å². The van der Waals surface area contributed by atoms with Crippen LogP contribution in [0.4, 0.5) is 0 Å². The van der Waals surface area contributed by atoms with Crippen LogP contribution in [-0.2, 0) is 40.1 Å². The summed E-state index contributed by atoms with van der Waals surface area (Å²) >= 11 is 0. The minimum atomic E-state index is -1.84. The molecule has 28 heteroatoms. The Morgan fingerprint density at radius 3 is 1.63 bits per heavy atom. The maximum absolute atomic E-state index is 14.1. The third-order valence-corrected chi connectivity index (χ3v) is 12.8. The van der Waals surface area contributed by atoms with Gasteiger partial charge in [-0.25, -0.2) is 0 Å². The number of carboxylic acids is 3. The Morgan fingerprint density at radius 1 is 0.699 bits per heavy atom. The molecule has 1 aromatic rings. The Balaban J connectivity index is 1.32. The van der Waals surface area contributed by atoms with Gasteiger partial charge in [0.15, 0.2) is 5.96 Å². The summed E-state index contributed by atoms with van der Waals surface area (Å²) in [7, 11) is 1.65. The van der Waals surface area contributed by atoms with Crippen LogP contribution in [0.15, 0.2) is 29.3 Å². The van der Waals surface area contributed by atoms with E-state index in [0.717, 1.165) is 4.90 Å². The first-order chi connectivity index (χ1) is 34.6. The smallest absolute Gasteiger partial charge is 0.475 e. The Morgan fingerprint density at radius 2 is 1.16 bits per heavy atom. The van der Waals surface area contributed by atoms with Gasteiger partial charge in [0.1, 0.15) is 12.1 Å². The van der Waals surface area contributed by atoms with Gasteiger partial charge in [-0.1, -0.05) is 12.1 Å². The molecule has 3 fully saturated rings. The first kappa shape index (κ1) is 59.6. The summed E-state index contributed by atoms with van der Waals surface area (Å²) in [4.78, 5) is 119.